The summed E-state index contributed by atoms with van der Waals surface area (Å²) in [5.74, 6) is -0.250. The van der Waals surface area contributed by atoms with Crippen LogP contribution in [0.4, 0.5) is 0 Å². The Morgan fingerprint density at radius 2 is 2.12 bits per heavy atom. The fraction of sp³-hybridized carbons (Fsp3) is 0.389. The lowest BCUT2D eigenvalue weighted by Gasteiger charge is -2.22. The summed E-state index contributed by atoms with van der Waals surface area (Å²) in [6.45, 7) is 4.27. The van der Waals surface area contributed by atoms with E-state index in [4.69, 9.17) is 21.7 Å². The van der Waals surface area contributed by atoms with E-state index in [0.717, 1.165) is 17.3 Å². The summed E-state index contributed by atoms with van der Waals surface area (Å²) in [5.41, 5.74) is 0.744. The van der Waals surface area contributed by atoms with Crippen molar-refractivity contribution in [2.24, 2.45) is 0 Å². The van der Waals surface area contributed by atoms with E-state index in [1.54, 1.807) is 31.4 Å². The number of thioether (sulfide) groups is 1. The largest absolute Gasteiger partial charge is 0.493 e. The van der Waals surface area contributed by atoms with Gasteiger partial charge in [0.05, 0.1) is 18.6 Å². The summed E-state index contributed by atoms with van der Waals surface area (Å²) >= 11 is 6.35. The van der Waals surface area contributed by atoms with E-state index in [1.807, 2.05) is 13.8 Å². The van der Waals surface area contributed by atoms with Gasteiger partial charge in [-0.15, -0.1) is 0 Å². The van der Waals surface area contributed by atoms with E-state index in [0.29, 0.717) is 35.9 Å². The molecule has 1 amide bonds. The molecular weight excluding hydrogens is 374 g/mol. The van der Waals surface area contributed by atoms with Crippen molar-refractivity contribution in [3.05, 3.63) is 28.7 Å². The lowest BCUT2D eigenvalue weighted by molar-refractivity contribution is -0.145. The molecule has 1 aliphatic heterocycles. The highest BCUT2D eigenvalue weighted by molar-refractivity contribution is 8.26. The van der Waals surface area contributed by atoms with Gasteiger partial charge in [-0.3, -0.25) is 9.69 Å². The number of carbonyl (C=O) groups is 2. The first-order chi connectivity index (χ1) is 12.4. The average Bonchev–Trinajstić information content (AvgIpc) is 2.87. The van der Waals surface area contributed by atoms with Crippen molar-refractivity contribution < 1.29 is 24.2 Å². The predicted octanol–water partition coefficient (Wildman–Crippen LogP) is 3.55. The Kier molecular flexibility index (Phi) is 7.05. The van der Waals surface area contributed by atoms with Gasteiger partial charge < -0.3 is 14.6 Å². The van der Waals surface area contributed by atoms with Crippen molar-refractivity contribution in [3.8, 4) is 11.5 Å². The Hall–Kier alpha value is -2.06. The van der Waals surface area contributed by atoms with Gasteiger partial charge in [-0.05, 0) is 37.1 Å². The van der Waals surface area contributed by atoms with Gasteiger partial charge in [0.1, 0.15) is 10.4 Å². The van der Waals surface area contributed by atoms with Gasteiger partial charge >= 0.3 is 5.97 Å². The van der Waals surface area contributed by atoms with Crippen molar-refractivity contribution in [3.63, 3.8) is 0 Å². The molecule has 2 rings (SSSR count). The van der Waals surface area contributed by atoms with Gasteiger partial charge in [0, 0.05) is 0 Å². The lowest BCUT2D eigenvalue weighted by Crippen LogP contribution is -2.43. The lowest BCUT2D eigenvalue weighted by atomic mass is 10.1. The first-order valence-electron chi connectivity index (χ1n) is 8.23. The minimum absolute atomic E-state index is 0.264. The van der Waals surface area contributed by atoms with Crippen LogP contribution >= 0.6 is 24.0 Å². The first kappa shape index (κ1) is 20.3. The van der Waals surface area contributed by atoms with Crippen molar-refractivity contribution in [1.29, 1.82) is 0 Å². The first-order valence-corrected chi connectivity index (χ1v) is 9.46. The number of carboxylic acids is 1. The molecule has 0 radical (unpaired) electrons. The minimum Gasteiger partial charge on any atom is -0.493 e. The van der Waals surface area contributed by atoms with Gasteiger partial charge in [-0.25, -0.2) is 4.79 Å². The van der Waals surface area contributed by atoms with Gasteiger partial charge in [-0.1, -0.05) is 43.4 Å². The van der Waals surface area contributed by atoms with E-state index < -0.39 is 12.0 Å². The molecule has 0 spiro atoms. The number of methoxy groups -OCH3 is 1. The van der Waals surface area contributed by atoms with Gasteiger partial charge in [-0.2, -0.15) is 0 Å². The molecule has 0 aliphatic carbocycles. The third kappa shape index (κ3) is 4.37. The molecule has 1 aliphatic rings. The zero-order valence-electron chi connectivity index (χ0n) is 14.9. The SMILES string of the molecule is CCC[C@@H](C(=O)O)N1C(=O)/C(=C/c2ccc(OCC)c(OC)c2)SC1=S. The Morgan fingerprint density at radius 3 is 2.69 bits per heavy atom. The molecule has 1 saturated heterocycles. The highest BCUT2D eigenvalue weighted by Gasteiger charge is 2.39. The van der Waals surface area contributed by atoms with Crippen molar-refractivity contribution in [2.75, 3.05) is 13.7 Å². The molecule has 26 heavy (non-hydrogen) atoms. The summed E-state index contributed by atoms with van der Waals surface area (Å²) in [5, 5.41) is 9.41. The van der Waals surface area contributed by atoms with Gasteiger partial charge in [0.25, 0.3) is 5.91 Å². The van der Waals surface area contributed by atoms with E-state index in [2.05, 4.69) is 0 Å². The highest BCUT2D eigenvalue weighted by atomic mass is 32.2. The summed E-state index contributed by atoms with van der Waals surface area (Å²) in [4.78, 5) is 25.8. The molecule has 0 bridgehead atoms. The summed E-state index contributed by atoms with van der Waals surface area (Å²) in [6.07, 6.45) is 2.68. The Balaban J connectivity index is 2.31. The number of ether oxygens (including phenoxy) is 2. The third-order valence-electron chi connectivity index (χ3n) is 3.77. The molecule has 0 unspecified atom stereocenters. The number of hydrogen-bond donors (Lipinski definition) is 1. The quantitative estimate of drug-likeness (QED) is 0.533. The summed E-state index contributed by atoms with van der Waals surface area (Å²) < 4.78 is 11.1. The Labute approximate surface area is 162 Å². The second-order valence-electron chi connectivity index (χ2n) is 5.54. The van der Waals surface area contributed by atoms with Crippen LogP contribution < -0.4 is 9.47 Å². The number of thiocarbonyl (C=S) groups is 1. The van der Waals surface area contributed by atoms with Crippen LogP contribution in [0.5, 0.6) is 11.5 Å². The monoisotopic (exact) mass is 395 g/mol. The molecule has 1 heterocycles. The maximum Gasteiger partial charge on any atom is 0.326 e. The van der Waals surface area contributed by atoms with Crippen LogP contribution in [0, 0.1) is 0 Å². The van der Waals surface area contributed by atoms with E-state index in [9.17, 15) is 14.7 Å². The topological polar surface area (TPSA) is 76.1 Å². The Morgan fingerprint density at radius 1 is 1.38 bits per heavy atom. The average molecular weight is 396 g/mol. The third-order valence-corrected chi connectivity index (χ3v) is 5.10. The fourth-order valence-electron chi connectivity index (χ4n) is 2.59. The second-order valence-corrected chi connectivity index (χ2v) is 7.21. The molecule has 0 aromatic heterocycles. The molecule has 1 atom stereocenters. The highest BCUT2D eigenvalue weighted by Crippen LogP contribution is 2.36. The smallest absolute Gasteiger partial charge is 0.326 e. The maximum atomic E-state index is 12.7. The van der Waals surface area contributed by atoms with Crippen LogP contribution in [0.25, 0.3) is 6.08 Å². The zero-order valence-corrected chi connectivity index (χ0v) is 16.5. The fourth-order valence-corrected chi connectivity index (χ4v) is 3.94. The number of nitrogens with zero attached hydrogens (tertiary/aromatic N) is 1. The van der Waals surface area contributed by atoms with Crippen LogP contribution in [-0.2, 0) is 9.59 Å². The van der Waals surface area contributed by atoms with Crippen LogP contribution in [0.1, 0.15) is 32.3 Å². The zero-order chi connectivity index (χ0) is 19.3. The second kappa shape index (κ2) is 9.05. The minimum atomic E-state index is -1.05. The number of carboxylic acid groups (broad SMARTS) is 1. The molecular formula is C18H21NO5S2. The summed E-state index contributed by atoms with van der Waals surface area (Å²) in [7, 11) is 1.54. The number of rotatable bonds is 8. The summed E-state index contributed by atoms with van der Waals surface area (Å²) in [6, 6.07) is 4.40. The van der Waals surface area contributed by atoms with Crippen LogP contribution in [0.3, 0.4) is 0 Å². The van der Waals surface area contributed by atoms with Crippen molar-refractivity contribution >= 4 is 46.3 Å². The van der Waals surface area contributed by atoms with Crippen LogP contribution in [0.15, 0.2) is 23.1 Å². The standard InChI is InChI=1S/C18H21NO5S2/c1-4-6-12(17(21)22)19-16(20)15(26-18(19)25)10-11-7-8-13(24-5-2)14(9-11)23-3/h7-10,12H,4-6H2,1-3H3,(H,21,22)/b15-10-/t12-/m0/s1. The van der Waals surface area contributed by atoms with Crippen LogP contribution in [0.2, 0.25) is 0 Å². The molecule has 8 heteroatoms. The molecule has 6 nitrogen and oxygen atoms in total. The molecule has 1 aromatic carbocycles. The molecule has 1 N–H and O–H groups in total. The maximum absolute atomic E-state index is 12.7. The molecule has 140 valence electrons. The van der Waals surface area contributed by atoms with E-state index in [-0.39, 0.29) is 10.2 Å². The van der Waals surface area contributed by atoms with Gasteiger partial charge in [0.15, 0.2) is 11.5 Å². The van der Waals surface area contributed by atoms with E-state index >= 15 is 0 Å². The Bertz CT molecular complexity index is 747. The van der Waals surface area contributed by atoms with Crippen LogP contribution in [-0.4, -0.2) is 46.0 Å². The number of hydrogen-bond acceptors (Lipinski definition) is 6. The van der Waals surface area contributed by atoms with Crippen molar-refractivity contribution in [2.45, 2.75) is 32.7 Å². The molecule has 0 saturated carbocycles. The van der Waals surface area contributed by atoms with Gasteiger partial charge in [0.2, 0.25) is 0 Å². The predicted molar refractivity (Wildman–Crippen MR) is 106 cm³/mol. The number of carbonyl (C=O) groups excluding carboxylic acids is 1. The number of amides is 1. The normalized spacial score (nSPS) is 16.9. The number of aliphatic carboxylic acids is 1. The van der Waals surface area contributed by atoms with Crippen molar-refractivity contribution in [1.82, 2.24) is 4.90 Å². The number of benzene rings is 1. The van der Waals surface area contributed by atoms with E-state index in [1.165, 1.54) is 4.90 Å². The molecule has 1 fully saturated rings. The molecule has 1 aromatic rings.